The Morgan fingerprint density at radius 3 is 2.08 bits per heavy atom. The van der Waals surface area contributed by atoms with Gasteiger partial charge in [0.25, 0.3) is 0 Å². The van der Waals surface area contributed by atoms with Crippen molar-refractivity contribution in [2.24, 2.45) is 0 Å². The van der Waals surface area contributed by atoms with Crippen molar-refractivity contribution in [3.8, 4) is 17.2 Å². The number of ether oxygens (including phenoxy) is 3. The summed E-state index contributed by atoms with van der Waals surface area (Å²) in [5.74, 6) is 0.867. The quantitative estimate of drug-likeness (QED) is 0.762. The molecule has 0 heterocycles. The average molecular weight is 352 g/mol. The Kier molecular flexibility index (Phi) is 6.39. The second-order valence-corrected chi connectivity index (χ2v) is 4.91. The van der Waals surface area contributed by atoms with E-state index < -0.39 is 6.61 Å². The maximum atomic E-state index is 12.1. The van der Waals surface area contributed by atoms with Gasteiger partial charge in [-0.2, -0.15) is 8.78 Å². The Hall–Kier alpha value is -3.03. The van der Waals surface area contributed by atoms with E-state index in [0.717, 1.165) is 0 Å². The number of carbonyl (C=O) groups is 1. The molecule has 0 aromatic heterocycles. The van der Waals surface area contributed by atoms with Gasteiger partial charge in [-0.15, -0.1) is 0 Å². The van der Waals surface area contributed by atoms with E-state index in [9.17, 15) is 13.6 Å². The fraction of sp³-hybridized carbons (Fsp3) is 0.235. The highest BCUT2D eigenvalue weighted by atomic mass is 19.3. The number of amides is 1. The van der Waals surface area contributed by atoms with Crippen LogP contribution in [0.1, 0.15) is 0 Å². The molecule has 2 aromatic rings. The number of alkyl halides is 2. The summed E-state index contributed by atoms with van der Waals surface area (Å²) in [6.07, 6.45) is 0. The van der Waals surface area contributed by atoms with Crippen LogP contribution in [0.2, 0.25) is 0 Å². The Morgan fingerprint density at radius 2 is 1.56 bits per heavy atom. The zero-order valence-corrected chi connectivity index (χ0v) is 13.7. The molecule has 0 saturated heterocycles. The lowest BCUT2D eigenvalue weighted by Gasteiger charge is -2.11. The summed E-state index contributed by atoms with van der Waals surface area (Å²) in [7, 11) is 3.03. The Labute approximate surface area is 143 Å². The average Bonchev–Trinajstić information content (AvgIpc) is 2.60. The van der Waals surface area contributed by atoms with Crippen LogP contribution in [0.3, 0.4) is 0 Å². The Bertz CT molecular complexity index is 686. The van der Waals surface area contributed by atoms with Crippen molar-refractivity contribution in [3.63, 3.8) is 0 Å². The molecule has 0 spiro atoms. The van der Waals surface area contributed by atoms with E-state index in [1.165, 1.54) is 26.4 Å². The van der Waals surface area contributed by atoms with Gasteiger partial charge < -0.3 is 24.8 Å². The molecule has 1 amide bonds. The van der Waals surface area contributed by atoms with Gasteiger partial charge in [0.1, 0.15) is 17.2 Å². The highest BCUT2D eigenvalue weighted by Gasteiger charge is 2.07. The van der Waals surface area contributed by atoms with E-state index >= 15 is 0 Å². The summed E-state index contributed by atoms with van der Waals surface area (Å²) in [4.78, 5) is 12.0. The van der Waals surface area contributed by atoms with E-state index in [4.69, 9.17) is 9.47 Å². The lowest BCUT2D eigenvalue weighted by Crippen LogP contribution is -2.21. The van der Waals surface area contributed by atoms with Crippen molar-refractivity contribution in [3.05, 3.63) is 42.5 Å². The third-order valence-corrected chi connectivity index (χ3v) is 3.17. The van der Waals surface area contributed by atoms with Crippen molar-refractivity contribution < 1.29 is 27.8 Å². The predicted octanol–water partition coefficient (Wildman–Crippen LogP) is 3.36. The Morgan fingerprint density at radius 1 is 0.960 bits per heavy atom. The number of hydrogen-bond acceptors (Lipinski definition) is 5. The number of nitrogens with one attached hydrogen (secondary N) is 2. The molecule has 8 heteroatoms. The van der Waals surface area contributed by atoms with Crippen LogP contribution in [0, 0.1) is 0 Å². The van der Waals surface area contributed by atoms with Gasteiger partial charge in [0, 0.05) is 29.6 Å². The van der Waals surface area contributed by atoms with Crippen LogP contribution in [0.4, 0.5) is 20.2 Å². The summed E-state index contributed by atoms with van der Waals surface area (Å²) in [6.45, 7) is -2.88. The molecular weight excluding hydrogens is 334 g/mol. The van der Waals surface area contributed by atoms with Crippen LogP contribution in [0.25, 0.3) is 0 Å². The molecule has 0 aliphatic carbocycles. The number of benzene rings is 2. The van der Waals surface area contributed by atoms with Crippen molar-refractivity contribution in [1.29, 1.82) is 0 Å². The number of hydrogen-bond donors (Lipinski definition) is 2. The van der Waals surface area contributed by atoms with Crippen molar-refractivity contribution in [2.75, 3.05) is 31.4 Å². The highest BCUT2D eigenvalue weighted by Crippen LogP contribution is 2.25. The van der Waals surface area contributed by atoms with E-state index in [1.807, 2.05) is 0 Å². The van der Waals surface area contributed by atoms with Crippen LogP contribution in [-0.2, 0) is 4.79 Å². The zero-order chi connectivity index (χ0) is 18.2. The molecule has 2 rings (SSSR count). The maximum Gasteiger partial charge on any atom is 0.387 e. The van der Waals surface area contributed by atoms with Gasteiger partial charge in [-0.05, 0) is 24.3 Å². The molecule has 6 nitrogen and oxygen atoms in total. The molecule has 2 N–H and O–H groups in total. The normalized spacial score (nSPS) is 10.3. The van der Waals surface area contributed by atoms with Gasteiger partial charge in [-0.3, -0.25) is 4.79 Å². The number of carbonyl (C=O) groups excluding carboxylic acids is 1. The first-order chi connectivity index (χ1) is 12.0. The van der Waals surface area contributed by atoms with Crippen LogP contribution >= 0.6 is 0 Å². The van der Waals surface area contributed by atoms with E-state index in [1.54, 1.807) is 30.3 Å². The first kappa shape index (κ1) is 18.3. The predicted molar refractivity (Wildman–Crippen MR) is 89.7 cm³/mol. The molecule has 0 saturated carbocycles. The van der Waals surface area contributed by atoms with Crippen molar-refractivity contribution in [2.45, 2.75) is 6.61 Å². The fourth-order valence-corrected chi connectivity index (χ4v) is 2.02. The second-order valence-electron chi connectivity index (χ2n) is 4.91. The molecule has 0 unspecified atom stereocenters. The summed E-state index contributed by atoms with van der Waals surface area (Å²) < 4.78 is 38.7. The molecular formula is C17H18F2N2O4. The molecule has 0 fully saturated rings. The van der Waals surface area contributed by atoms with Gasteiger partial charge in [0.2, 0.25) is 5.91 Å². The highest BCUT2D eigenvalue weighted by molar-refractivity contribution is 5.94. The molecule has 25 heavy (non-hydrogen) atoms. The lowest BCUT2D eigenvalue weighted by molar-refractivity contribution is -0.114. The monoisotopic (exact) mass is 352 g/mol. The number of anilines is 2. The summed E-state index contributed by atoms with van der Waals surface area (Å²) in [6, 6.07) is 10.9. The van der Waals surface area contributed by atoms with Crippen LogP contribution < -0.4 is 24.8 Å². The summed E-state index contributed by atoms with van der Waals surface area (Å²) in [5.41, 5.74) is 1.13. The minimum atomic E-state index is -2.87. The van der Waals surface area contributed by atoms with Crippen LogP contribution in [0.15, 0.2) is 42.5 Å². The van der Waals surface area contributed by atoms with Gasteiger partial charge in [0.15, 0.2) is 0 Å². The first-order valence-electron chi connectivity index (χ1n) is 7.32. The van der Waals surface area contributed by atoms with Crippen LogP contribution in [0.5, 0.6) is 17.2 Å². The molecule has 0 aliphatic rings. The third kappa shape index (κ3) is 5.83. The minimum Gasteiger partial charge on any atom is -0.497 e. The van der Waals surface area contributed by atoms with Gasteiger partial charge in [-0.1, -0.05) is 0 Å². The van der Waals surface area contributed by atoms with E-state index in [2.05, 4.69) is 15.4 Å². The fourth-order valence-electron chi connectivity index (χ4n) is 2.02. The first-order valence-corrected chi connectivity index (χ1v) is 7.32. The summed E-state index contributed by atoms with van der Waals surface area (Å²) >= 11 is 0. The standard InChI is InChI=1S/C17H18F2N2O4/c1-23-14-7-12(8-15(9-14)24-2)21-16(22)10-20-11-3-5-13(6-4-11)25-17(18)19/h3-9,17,20H,10H2,1-2H3,(H,21,22). The molecule has 0 atom stereocenters. The van der Waals surface area contributed by atoms with Crippen molar-refractivity contribution >= 4 is 17.3 Å². The molecule has 0 aliphatic heterocycles. The molecule has 0 radical (unpaired) electrons. The molecule has 2 aromatic carbocycles. The number of halogens is 2. The molecule has 134 valence electrons. The van der Waals surface area contributed by atoms with E-state index in [-0.39, 0.29) is 18.2 Å². The Balaban J connectivity index is 1.90. The lowest BCUT2D eigenvalue weighted by atomic mass is 10.2. The SMILES string of the molecule is COc1cc(NC(=O)CNc2ccc(OC(F)F)cc2)cc(OC)c1. The zero-order valence-electron chi connectivity index (χ0n) is 13.7. The summed E-state index contributed by atoms with van der Waals surface area (Å²) in [5, 5.41) is 5.60. The minimum absolute atomic E-state index is 0.00538. The number of rotatable bonds is 8. The molecule has 0 bridgehead atoms. The second kappa shape index (κ2) is 8.72. The maximum absolute atomic E-state index is 12.1. The topological polar surface area (TPSA) is 68.8 Å². The third-order valence-electron chi connectivity index (χ3n) is 3.17. The van der Waals surface area contributed by atoms with Crippen molar-refractivity contribution in [1.82, 2.24) is 0 Å². The largest absolute Gasteiger partial charge is 0.497 e. The number of methoxy groups -OCH3 is 2. The smallest absolute Gasteiger partial charge is 0.387 e. The van der Waals surface area contributed by atoms with Crippen LogP contribution in [-0.4, -0.2) is 33.3 Å². The van der Waals surface area contributed by atoms with Gasteiger partial charge in [-0.25, -0.2) is 0 Å². The van der Waals surface area contributed by atoms with Gasteiger partial charge in [0.05, 0.1) is 20.8 Å². The van der Waals surface area contributed by atoms with Gasteiger partial charge >= 0.3 is 6.61 Å². The van der Waals surface area contributed by atoms with E-state index in [0.29, 0.717) is 22.9 Å².